The van der Waals surface area contributed by atoms with E-state index in [1.807, 2.05) is 29.9 Å². The summed E-state index contributed by atoms with van der Waals surface area (Å²) in [6, 6.07) is 4.00. The summed E-state index contributed by atoms with van der Waals surface area (Å²) in [5, 5.41) is 6.42. The highest BCUT2D eigenvalue weighted by molar-refractivity contribution is 5.92. The molecule has 4 heteroatoms. The van der Waals surface area contributed by atoms with Gasteiger partial charge in [-0.15, -0.1) is 0 Å². The average Bonchev–Trinajstić information content (AvgIpc) is 2.53. The monoisotopic (exact) mass is 221 g/mol. The number of nitrogens with one attached hydrogen (secondary N) is 2. The van der Waals surface area contributed by atoms with E-state index in [0.29, 0.717) is 0 Å². The number of rotatable bonds is 2. The van der Waals surface area contributed by atoms with Gasteiger partial charge in [0, 0.05) is 25.8 Å². The standard InChI is InChI=1S/C12H19N3O/c1-15-8-4-6-11(15)12(16)14-10-5-2-3-7-13-9-10/h4,6,8,10,13H,2-3,5,7,9H2,1H3,(H,14,16). The number of nitrogens with zero attached hydrogens (tertiary/aromatic N) is 1. The molecule has 1 unspecified atom stereocenters. The minimum absolute atomic E-state index is 0.0289. The molecule has 4 nitrogen and oxygen atoms in total. The molecule has 2 heterocycles. The van der Waals surface area contributed by atoms with Crippen LogP contribution in [0.4, 0.5) is 0 Å². The predicted molar refractivity (Wildman–Crippen MR) is 63.4 cm³/mol. The number of carbonyl (C=O) groups excluding carboxylic acids is 1. The molecule has 1 aliphatic rings. The van der Waals surface area contributed by atoms with Gasteiger partial charge in [0.2, 0.25) is 0 Å². The van der Waals surface area contributed by atoms with E-state index in [-0.39, 0.29) is 11.9 Å². The fourth-order valence-corrected chi connectivity index (χ4v) is 2.10. The van der Waals surface area contributed by atoms with Crippen molar-refractivity contribution >= 4 is 5.91 Å². The summed E-state index contributed by atoms with van der Waals surface area (Å²) in [5.41, 5.74) is 0.726. The second-order valence-electron chi connectivity index (χ2n) is 4.37. The molecule has 1 aromatic heterocycles. The maximum atomic E-state index is 11.9. The van der Waals surface area contributed by atoms with Crippen molar-refractivity contribution < 1.29 is 4.79 Å². The Morgan fingerprint density at radius 3 is 3.19 bits per heavy atom. The summed E-state index contributed by atoms with van der Waals surface area (Å²) in [5.74, 6) is 0.0289. The molecule has 0 aromatic carbocycles. The first kappa shape index (κ1) is 11.2. The molecule has 0 bridgehead atoms. The molecule has 16 heavy (non-hydrogen) atoms. The van der Waals surface area contributed by atoms with Gasteiger partial charge in [-0.05, 0) is 31.5 Å². The molecule has 1 aromatic rings. The molecule has 0 radical (unpaired) electrons. The van der Waals surface area contributed by atoms with Gasteiger partial charge in [-0.25, -0.2) is 0 Å². The number of aryl methyl sites for hydroxylation is 1. The highest BCUT2D eigenvalue weighted by atomic mass is 16.2. The van der Waals surface area contributed by atoms with Crippen LogP contribution in [0.1, 0.15) is 29.8 Å². The zero-order valence-corrected chi connectivity index (χ0v) is 9.70. The Kier molecular flexibility index (Phi) is 3.62. The van der Waals surface area contributed by atoms with E-state index < -0.39 is 0 Å². The van der Waals surface area contributed by atoms with Gasteiger partial charge in [0.1, 0.15) is 5.69 Å². The van der Waals surface area contributed by atoms with Gasteiger partial charge >= 0.3 is 0 Å². The van der Waals surface area contributed by atoms with E-state index in [4.69, 9.17) is 0 Å². The zero-order valence-electron chi connectivity index (χ0n) is 9.70. The molecule has 88 valence electrons. The van der Waals surface area contributed by atoms with Gasteiger partial charge in [-0.2, -0.15) is 0 Å². The number of hydrogen-bond acceptors (Lipinski definition) is 2. The summed E-state index contributed by atoms with van der Waals surface area (Å²) in [6.07, 6.45) is 5.35. The Morgan fingerprint density at radius 2 is 2.44 bits per heavy atom. The molecule has 0 spiro atoms. The second kappa shape index (κ2) is 5.16. The third kappa shape index (κ3) is 2.64. The number of hydrogen-bond donors (Lipinski definition) is 2. The van der Waals surface area contributed by atoms with Crippen LogP contribution in [0.25, 0.3) is 0 Å². The van der Waals surface area contributed by atoms with Crippen molar-refractivity contribution in [2.75, 3.05) is 13.1 Å². The molecular formula is C12H19N3O. The largest absolute Gasteiger partial charge is 0.347 e. The van der Waals surface area contributed by atoms with Crippen molar-refractivity contribution in [3.05, 3.63) is 24.0 Å². The predicted octanol–water partition coefficient (Wildman–Crippen LogP) is 0.897. The van der Waals surface area contributed by atoms with Gasteiger partial charge in [0.05, 0.1) is 0 Å². The molecule has 1 atom stereocenters. The molecule has 1 aliphatic heterocycles. The van der Waals surface area contributed by atoms with Crippen molar-refractivity contribution in [3.63, 3.8) is 0 Å². The van der Waals surface area contributed by atoms with Gasteiger partial charge in [0.25, 0.3) is 5.91 Å². The summed E-state index contributed by atoms with van der Waals surface area (Å²) in [6.45, 7) is 1.95. The van der Waals surface area contributed by atoms with Crippen LogP contribution in [0.5, 0.6) is 0 Å². The smallest absolute Gasteiger partial charge is 0.268 e. The lowest BCUT2D eigenvalue weighted by molar-refractivity contribution is 0.0927. The quantitative estimate of drug-likeness (QED) is 0.779. The van der Waals surface area contributed by atoms with Gasteiger partial charge in [-0.3, -0.25) is 4.79 Å². The van der Waals surface area contributed by atoms with E-state index in [1.54, 1.807) is 0 Å². The summed E-state index contributed by atoms with van der Waals surface area (Å²) >= 11 is 0. The van der Waals surface area contributed by atoms with Gasteiger partial charge < -0.3 is 15.2 Å². The molecule has 1 amide bonds. The molecule has 2 N–H and O–H groups in total. The van der Waals surface area contributed by atoms with E-state index in [2.05, 4.69) is 10.6 Å². The summed E-state index contributed by atoms with van der Waals surface area (Å²) < 4.78 is 1.85. The normalized spacial score (nSPS) is 21.4. The molecule has 2 rings (SSSR count). The summed E-state index contributed by atoms with van der Waals surface area (Å²) in [4.78, 5) is 11.9. The minimum Gasteiger partial charge on any atom is -0.347 e. The lowest BCUT2D eigenvalue weighted by Crippen LogP contribution is -2.41. The second-order valence-corrected chi connectivity index (χ2v) is 4.37. The van der Waals surface area contributed by atoms with Crippen LogP contribution >= 0.6 is 0 Å². The third-order valence-corrected chi connectivity index (χ3v) is 3.06. The van der Waals surface area contributed by atoms with Crippen molar-refractivity contribution in [1.82, 2.24) is 15.2 Å². The Balaban J connectivity index is 1.93. The fourth-order valence-electron chi connectivity index (χ4n) is 2.10. The number of amides is 1. The topological polar surface area (TPSA) is 46.1 Å². The third-order valence-electron chi connectivity index (χ3n) is 3.06. The van der Waals surface area contributed by atoms with E-state index in [9.17, 15) is 4.79 Å². The summed E-state index contributed by atoms with van der Waals surface area (Å²) in [7, 11) is 1.89. The van der Waals surface area contributed by atoms with Crippen LogP contribution in [0.3, 0.4) is 0 Å². The number of carbonyl (C=O) groups is 1. The highest BCUT2D eigenvalue weighted by Crippen LogP contribution is 2.06. The molecule has 0 aliphatic carbocycles. The van der Waals surface area contributed by atoms with Gasteiger partial charge in [0.15, 0.2) is 0 Å². The Labute approximate surface area is 96.0 Å². The Morgan fingerprint density at radius 1 is 1.56 bits per heavy atom. The first-order chi connectivity index (χ1) is 7.77. The highest BCUT2D eigenvalue weighted by Gasteiger charge is 2.16. The zero-order chi connectivity index (χ0) is 11.4. The van der Waals surface area contributed by atoms with Crippen LogP contribution < -0.4 is 10.6 Å². The first-order valence-corrected chi connectivity index (χ1v) is 5.90. The molecule has 1 saturated heterocycles. The maximum absolute atomic E-state index is 11.9. The molecule has 1 fully saturated rings. The van der Waals surface area contributed by atoms with Crippen molar-refractivity contribution in [1.29, 1.82) is 0 Å². The van der Waals surface area contributed by atoms with Crippen LogP contribution in [0.2, 0.25) is 0 Å². The minimum atomic E-state index is 0.0289. The SMILES string of the molecule is Cn1cccc1C(=O)NC1CCCCNC1. The lowest BCUT2D eigenvalue weighted by Gasteiger charge is -2.16. The van der Waals surface area contributed by atoms with Crippen molar-refractivity contribution in [3.8, 4) is 0 Å². The average molecular weight is 221 g/mol. The Bertz CT molecular complexity index is 351. The van der Waals surface area contributed by atoms with Crippen LogP contribution in [-0.2, 0) is 7.05 Å². The van der Waals surface area contributed by atoms with Crippen LogP contribution in [-0.4, -0.2) is 29.6 Å². The van der Waals surface area contributed by atoms with E-state index >= 15 is 0 Å². The lowest BCUT2D eigenvalue weighted by atomic mass is 10.1. The molecule has 0 saturated carbocycles. The van der Waals surface area contributed by atoms with Gasteiger partial charge in [-0.1, -0.05) is 6.42 Å². The number of aromatic nitrogens is 1. The van der Waals surface area contributed by atoms with Crippen LogP contribution in [0, 0.1) is 0 Å². The van der Waals surface area contributed by atoms with Crippen LogP contribution in [0.15, 0.2) is 18.3 Å². The fraction of sp³-hybridized carbons (Fsp3) is 0.583. The van der Waals surface area contributed by atoms with E-state index in [1.165, 1.54) is 12.8 Å². The van der Waals surface area contributed by atoms with Crippen molar-refractivity contribution in [2.45, 2.75) is 25.3 Å². The maximum Gasteiger partial charge on any atom is 0.268 e. The van der Waals surface area contributed by atoms with E-state index in [0.717, 1.165) is 25.2 Å². The van der Waals surface area contributed by atoms with Crippen molar-refractivity contribution in [2.24, 2.45) is 7.05 Å². The Hall–Kier alpha value is -1.29. The first-order valence-electron chi connectivity index (χ1n) is 5.90. The molecular weight excluding hydrogens is 202 g/mol.